The van der Waals surface area contributed by atoms with Crippen LogP contribution in [0, 0.1) is 12.7 Å². The fourth-order valence-corrected chi connectivity index (χ4v) is 4.66. The number of hydrogen-bond acceptors (Lipinski definition) is 7. The molecule has 10 heteroatoms. The van der Waals surface area contributed by atoms with Gasteiger partial charge in [0.05, 0.1) is 11.4 Å². The van der Waals surface area contributed by atoms with Gasteiger partial charge in [-0.1, -0.05) is 32.1 Å². The van der Waals surface area contributed by atoms with Gasteiger partial charge >= 0.3 is 0 Å². The normalized spacial score (nSPS) is 13.8. The van der Waals surface area contributed by atoms with Crippen molar-refractivity contribution < 1.29 is 14.0 Å². The topological polar surface area (TPSA) is 107 Å². The summed E-state index contributed by atoms with van der Waals surface area (Å²) in [5, 5.41) is 8.63. The number of primary amides is 1. The minimum atomic E-state index is -0.735. The third-order valence-corrected chi connectivity index (χ3v) is 6.95. The van der Waals surface area contributed by atoms with Crippen molar-refractivity contribution in [2.45, 2.75) is 26.7 Å². The van der Waals surface area contributed by atoms with E-state index in [9.17, 15) is 14.0 Å². The highest BCUT2D eigenvalue weighted by atomic mass is 19.1. The third-order valence-electron chi connectivity index (χ3n) is 6.95. The molecule has 0 aliphatic carbocycles. The summed E-state index contributed by atoms with van der Waals surface area (Å²) in [6.45, 7) is 11.7. The molecule has 1 aliphatic heterocycles. The molecule has 0 spiro atoms. The lowest BCUT2D eigenvalue weighted by molar-refractivity contribution is -0.111. The highest BCUT2D eigenvalue weighted by Gasteiger charge is 2.20. The minimum Gasteiger partial charge on any atom is -0.365 e. The molecule has 1 fully saturated rings. The Hall–Kier alpha value is -4.57. The third kappa shape index (κ3) is 7.34. The number of carbonyl (C=O) groups excluding carboxylic acids is 2. The fraction of sp³-hybridized carbons (Fsp3) is 0.290. The zero-order chi connectivity index (χ0) is 29.5. The van der Waals surface area contributed by atoms with E-state index in [1.54, 1.807) is 0 Å². The van der Waals surface area contributed by atoms with Crippen LogP contribution < -0.4 is 21.0 Å². The van der Waals surface area contributed by atoms with Crippen molar-refractivity contribution in [2.24, 2.45) is 10.8 Å². The van der Waals surface area contributed by atoms with Crippen molar-refractivity contribution in [2.75, 3.05) is 48.5 Å². The number of benzene rings is 2. The molecule has 41 heavy (non-hydrogen) atoms. The summed E-state index contributed by atoms with van der Waals surface area (Å²) in [5.41, 5.74) is 9.60. The first-order chi connectivity index (χ1) is 19.7. The van der Waals surface area contributed by atoms with Crippen LogP contribution in [0.25, 0.3) is 5.70 Å². The maximum Gasteiger partial charge on any atom is 0.274 e. The highest BCUT2D eigenvalue weighted by Crippen LogP contribution is 2.31. The number of carbonyl (C=O) groups is 2. The largest absolute Gasteiger partial charge is 0.365 e. The molecule has 0 atom stereocenters. The zero-order valence-corrected chi connectivity index (χ0v) is 23.7. The van der Waals surface area contributed by atoms with E-state index in [0.717, 1.165) is 62.2 Å². The lowest BCUT2D eigenvalue weighted by Crippen LogP contribution is -2.45. The molecule has 2 amide bonds. The second kappa shape index (κ2) is 13.2. The van der Waals surface area contributed by atoms with Gasteiger partial charge in [0.25, 0.3) is 11.8 Å². The van der Waals surface area contributed by atoms with Gasteiger partial charge in [0.1, 0.15) is 23.5 Å². The Morgan fingerprint density at radius 3 is 2.49 bits per heavy atom. The first-order valence-electron chi connectivity index (χ1n) is 13.6. The number of piperazine rings is 1. The molecule has 2 heterocycles. The number of aromatic nitrogens is 1. The van der Waals surface area contributed by atoms with Crippen LogP contribution in [0.3, 0.4) is 0 Å². The van der Waals surface area contributed by atoms with E-state index in [1.165, 1.54) is 29.3 Å². The van der Waals surface area contributed by atoms with Crippen LogP contribution in [0.2, 0.25) is 0 Å². The molecule has 0 bridgehead atoms. The van der Waals surface area contributed by atoms with Gasteiger partial charge in [-0.25, -0.2) is 14.4 Å². The van der Waals surface area contributed by atoms with Crippen LogP contribution >= 0.6 is 0 Å². The number of aryl methyl sites for hydroxylation is 2. The van der Waals surface area contributed by atoms with Gasteiger partial charge in [0, 0.05) is 37.4 Å². The number of hydrogen-bond donors (Lipinski definition) is 2. The van der Waals surface area contributed by atoms with E-state index >= 15 is 0 Å². The molecule has 214 valence electrons. The number of rotatable bonds is 10. The number of nitrogens with zero attached hydrogens (tertiary/aromatic N) is 5. The van der Waals surface area contributed by atoms with Crippen LogP contribution in [-0.2, 0) is 11.2 Å². The molecule has 0 saturated carbocycles. The minimum absolute atomic E-state index is 0.319. The van der Waals surface area contributed by atoms with Crippen LogP contribution in [0.4, 0.5) is 21.6 Å². The van der Waals surface area contributed by atoms with Crippen molar-refractivity contribution in [1.29, 1.82) is 0 Å². The van der Waals surface area contributed by atoms with Crippen LogP contribution in [0.5, 0.6) is 0 Å². The fourth-order valence-electron chi connectivity index (χ4n) is 4.66. The highest BCUT2D eigenvalue weighted by molar-refractivity contribution is 6.25. The molecule has 1 saturated heterocycles. The maximum atomic E-state index is 13.6. The van der Waals surface area contributed by atoms with Gasteiger partial charge < -0.3 is 20.9 Å². The van der Waals surface area contributed by atoms with Gasteiger partial charge in [-0.3, -0.25) is 9.59 Å². The zero-order valence-electron chi connectivity index (χ0n) is 23.7. The number of nitrogens with two attached hydrogens (primary N) is 1. The van der Waals surface area contributed by atoms with Crippen molar-refractivity contribution in [3.63, 3.8) is 0 Å². The summed E-state index contributed by atoms with van der Waals surface area (Å²) < 4.78 is 13.6. The Bertz CT molecular complexity index is 1450. The summed E-state index contributed by atoms with van der Waals surface area (Å²) in [7, 11) is 2.09. The predicted octanol–water partition coefficient (Wildman–Crippen LogP) is 4.43. The van der Waals surface area contributed by atoms with Crippen LogP contribution in [-0.4, -0.2) is 61.1 Å². The van der Waals surface area contributed by atoms with E-state index in [-0.39, 0.29) is 5.91 Å². The van der Waals surface area contributed by atoms with Crippen molar-refractivity contribution in [1.82, 2.24) is 9.88 Å². The Kier molecular flexibility index (Phi) is 9.46. The average molecular weight is 558 g/mol. The summed E-state index contributed by atoms with van der Waals surface area (Å²) >= 11 is 0. The Morgan fingerprint density at radius 2 is 1.83 bits per heavy atom. The van der Waals surface area contributed by atoms with E-state index < -0.39 is 11.7 Å². The molecule has 9 nitrogen and oxygen atoms in total. The molecular formula is C31H36FN7O2. The molecule has 3 N–H and O–H groups in total. The summed E-state index contributed by atoms with van der Waals surface area (Å²) in [4.78, 5) is 34.1. The van der Waals surface area contributed by atoms with Gasteiger partial charge in [-0.05, 0) is 74.0 Å². The predicted molar refractivity (Wildman–Crippen MR) is 163 cm³/mol. The van der Waals surface area contributed by atoms with E-state index in [1.807, 2.05) is 37.3 Å². The first-order valence-corrected chi connectivity index (χ1v) is 13.6. The summed E-state index contributed by atoms with van der Waals surface area (Å²) in [6, 6.07) is 15.1. The monoisotopic (exact) mass is 557 g/mol. The van der Waals surface area contributed by atoms with Crippen molar-refractivity contribution in [3.8, 4) is 0 Å². The van der Waals surface area contributed by atoms with E-state index in [0.29, 0.717) is 28.3 Å². The Labute approximate surface area is 240 Å². The number of amides is 2. The lowest BCUT2D eigenvalue weighted by atomic mass is 9.99. The number of pyridine rings is 1. The molecule has 1 aliphatic rings. The summed E-state index contributed by atoms with van der Waals surface area (Å²) in [5.74, 6) is -0.680. The number of likely N-dealkylation sites (N-methyl/N-ethyl adjacent to an activating group) is 1. The number of nitrogens with one attached hydrogen (secondary N) is 1. The molecule has 1 aromatic heterocycles. The van der Waals surface area contributed by atoms with E-state index in [4.69, 9.17) is 10.7 Å². The van der Waals surface area contributed by atoms with Crippen molar-refractivity contribution >= 4 is 40.9 Å². The number of hydrazone groups is 1. The first kappa shape index (κ1) is 29.4. The van der Waals surface area contributed by atoms with Gasteiger partial charge in [-0.2, -0.15) is 5.10 Å². The molecule has 4 rings (SSSR count). The second-order valence-corrected chi connectivity index (χ2v) is 10.1. The number of anilines is 3. The second-order valence-electron chi connectivity index (χ2n) is 10.1. The van der Waals surface area contributed by atoms with E-state index in [2.05, 4.69) is 40.8 Å². The molecule has 2 aromatic carbocycles. The molecule has 0 unspecified atom stereocenters. The van der Waals surface area contributed by atoms with Crippen LogP contribution in [0.1, 0.15) is 40.5 Å². The van der Waals surface area contributed by atoms with Gasteiger partial charge in [0.15, 0.2) is 0 Å². The standard InChI is InChI=1S/C31H36FN7O2/c1-5-6-23-8-11-25(19-27(23)22(3)39(34-20-28(33)40)26-12-9-24(32)10-13-26)35-31(41)30-21(2)7-14-29(36-30)38-17-15-37(4)16-18-38/h7-14,19-20H,3,5-6,15-18H2,1-2,4H3,(H2,33,40)(H,35,41)/b34-20+. The SMILES string of the molecule is C=C(c1cc(NC(=O)c2nc(N3CCN(C)CC3)ccc2C)ccc1CCC)N(/N=C/C(N)=O)c1ccc(F)cc1. The van der Waals surface area contributed by atoms with Crippen molar-refractivity contribution in [3.05, 3.63) is 89.4 Å². The van der Waals surface area contributed by atoms with Crippen LogP contribution in [0.15, 0.2) is 66.3 Å². The summed E-state index contributed by atoms with van der Waals surface area (Å²) in [6.07, 6.45) is 2.59. The maximum absolute atomic E-state index is 13.6. The molecular weight excluding hydrogens is 521 g/mol. The quantitative estimate of drug-likeness (QED) is 0.282. The Balaban J connectivity index is 1.64. The Morgan fingerprint density at radius 1 is 1.12 bits per heavy atom. The average Bonchev–Trinajstić information content (AvgIpc) is 2.95. The van der Waals surface area contributed by atoms with Gasteiger partial charge in [0.2, 0.25) is 0 Å². The molecule has 3 aromatic rings. The van der Waals surface area contributed by atoms with Gasteiger partial charge in [-0.15, -0.1) is 0 Å². The lowest BCUT2D eigenvalue weighted by Gasteiger charge is -2.33. The number of halogens is 1. The smallest absolute Gasteiger partial charge is 0.274 e. The molecule has 0 radical (unpaired) electrons.